The minimum Gasteiger partial charge on any atom is -0.477 e. The van der Waals surface area contributed by atoms with E-state index in [1.165, 1.54) is 89.9 Å². The molecule has 7 aliphatic rings. The van der Waals surface area contributed by atoms with Crippen LogP contribution >= 0.6 is 0 Å². The summed E-state index contributed by atoms with van der Waals surface area (Å²) in [5.41, 5.74) is 0. The van der Waals surface area contributed by atoms with Gasteiger partial charge in [0, 0.05) is 40.0 Å². The topological polar surface area (TPSA) is 765 Å². The number of aliphatic carboxylic acids is 2. The van der Waals surface area contributed by atoms with Crippen LogP contribution in [-0.4, -0.2) is 449 Å². The van der Waals surface area contributed by atoms with Gasteiger partial charge in [0.25, 0.3) is 11.6 Å². The average molecular weight is 1970 g/mol. The number of hydrogen-bond donors (Lipinski definition) is 28. The molecule has 0 aromatic rings. The van der Waals surface area contributed by atoms with Gasteiger partial charge in [0.2, 0.25) is 23.6 Å². The molecule has 0 bridgehead atoms. The van der Waals surface area contributed by atoms with Crippen LogP contribution < -0.4 is 21.3 Å². The van der Waals surface area contributed by atoms with Crippen molar-refractivity contribution in [3.8, 4) is 0 Å². The van der Waals surface area contributed by atoms with Gasteiger partial charge in [0.15, 0.2) is 31.5 Å². The number of aliphatic hydroxyl groups excluding tert-OH is 22. The molecule has 4 amide bonds. The van der Waals surface area contributed by atoms with Crippen molar-refractivity contribution < 1.29 is 218 Å². The summed E-state index contributed by atoms with van der Waals surface area (Å²) < 4.78 is 83.0. The summed E-state index contributed by atoms with van der Waals surface area (Å²) in [4.78, 5) is 79.0. The lowest BCUT2D eigenvalue weighted by molar-refractivity contribution is -0.395. The number of carbonyl (C=O) groups is 6. The van der Waals surface area contributed by atoms with Crippen LogP contribution in [0.4, 0.5) is 0 Å². The summed E-state index contributed by atoms with van der Waals surface area (Å²) in [6.07, 6.45) is -44.6. The molecule has 48 heteroatoms. The van der Waals surface area contributed by atoms with Crippen LogP contribution in [0, 0.1) is 0 Å². The fourth-order valence-corrected chi connectivity index (χ4v) is 17.9. The molecule has 7 fully saturated rings. The van der Waals surface area contributed by atoms with E-state index >= 15 is 0 Å². The molecule has 0 aliphatic carbocycles. The van der Waals surface area contributed by atoms with E-state index in [0.717, 1.165) is 78.6 Å². The van der Waals surface area contributed by atoms with Gasteiger partial charge in [0.05, 0.1) is 89.3 Å². The Morgan fingerprint density at radius 2 is 0.757 bits per heavy atom. The van der Waals surface area contributed by atoms with Gasteiger partial charge in [-0.05, 0) is 19.3 Å². The fourth-order valence-electron chi connectivity index (χ4n) is 17.9. The lowest BCUT2D eigenvalue weighted by atomic mass is 9.88. The van der Waals surface area contributed by atoms with Gasteiger partial charge in [-0.3, -0.25) is 19.2 Å². The van der Waals surface area contributed by atoms with E-state index in [1.54, 1.807) is 6.08 Å². The highest BCUT2D eigenvalue weighted by molar-refractivity contribution is 5.78. The maximum atomic E-state index is 13.7. The number of ether oxygens (including phenoxy) is 14. The first-order chi connectivity index (χ1) is 64.8. The van der Waals surface area contributed by atoms with Crippen molar-refractivity contribution in [1.82, 2.24) is 21.3 Å². The van der Waals surface area contributed by atoms with Gasteiger partial charge in [-0.2, -0.15) is 0 Å². The van der Waals surface area contributed by atoms with Crippen molar-refractivity contribution in [2.75, 3.05) is 52.9 Å². The molecule has 7 heterocycles. The quantitative estimate of drug-likeness (QED) is 0.0199. The zero-order valence-electron chi connectivity index (χ0n) is 77.9. The Labute approximate surface area is 789 Å². The first-order valence-electron chi connectivity index (χ1n) is 47.7. The third-order valence-electron chi connectivity index (χ3n) is 25.7. The molecule has 7 aliphatic heterocycles. The average Bonchev–Trinajstić information content (AvgIpc) is 0.739. The zero-order chi connectivity index (χ0) is 100. The van der Waals surface area contributed by atoms with Crippen LogP contribution in [-0.2, 0) is 95.1 Å². The van der Waals surface area contributed by atoms with Gasteiger partial charge in [-0.15, -0.1) is 0 Å². The first-order valence-corrected chi connectivity index (χ1v) is 47.7. The molecule has 7 saturated heterocycles. The summed E-state index contributed by atoms with van der Waals surface area (Å²) in [5, 5.41) is 281. The minimum atomic E-state index is -3.51. The van der Waals surface area contributed by atoms with E-state index in [0.29, 0.717) is 12.8 Å². The zero-order valence-corrected chi connectivity index (χ0v) is 77.9. The molecular formula is C88H154N4O44. The maximum absolute atomic E-state index is 13.7. The Morgan fingerprint density at radius 3 is 1.21 bits per heavy atom. The summed E-state index contributed by atoms with van der Waals surface area (Å²) in [5.74, 6) is -14.5. The van der Waals surface area contributed by atoms with Crippen molar-refractivity contribution >= 4 is 35.6 Å². The van der Waals surface area contributed by atoms with Gasteiger partial charge in [-0.25, -0.2) is 9.59 Å². The summed E-state index contributed by atoms with van der Waals surface area (Å²) in [6.45, 7) is -1.95. The lowest BCUT2D eigenvalue weighted by Gasteiger charge is -2.52. The van der Waals surface area contributed by atoms with Crippen LogP contribution in [0.3, 0.4) is 0 Å². The number of carboxylic acids is 2. The predicted molar refractivity (Wildman–Crippen MR) is 463 cm³/mol. The Balaban J connectivity index is 1.09. The van der Waals surface area contributed by atoms with Crippen LogP contribution in [0.5, 0.6) is 0 Å². The molecule has 7 rings (SSSR count). The molecule has 136 heavy (non-hydrogen) atoms. The smallest absolute Gasteiger partial charge is 0.364 e. The Kier molecular flexibility index (Phi) is 51.0. The summed E-state index contributed by atoms with van der Waals surface area (Å²) in [7, 11) is 0. The molecule has 0 radical (unpaired) electrons. The molecule has 0 spiro atoms. The van der Waals surface area contributed by atoms with Crippen molar-refractivity contribution in [2.24, 2.45) is 0 Å². The molecule has 0 aromatic heterocycles. The third-order valence-corrected chi connectivity index (χ3v) is 25.7. The van der Waals surface area contributed by atoms with Crippen LogP contribution in [0.1, 0.15) is 214 Å². The van der Waals surface area contributed by atoms with Crippen molar-refractivity contribution in [3.63, 3.8) is 0 Å². The number of unbranched alkanes of at least 4 members (excludes halogenated alkanes) is 23. The minimum absolute atomic E-state index is 0.138. The van der Waals surface area contributed by atoms with Crippen LogP contribution in [0.2, 0.25) is 0 Å². The largest absolute Gasteiger partial charge is 0.477 e. The second-order valence-corrected chi connectivity index (χ2v) is 36.4. The number of rotatable bonds is 60. The summed E-state index contributed by atoms with van der Waals surface area (Å²) >= 11 is 0. The number of nitrogens with one attached hydrogen (secondary N) is 4. The molecular weight excluding hydrogens is 1820 g/mol. The Hall–Kier alpha value is -4.88. The van der Waals surface area contributed by atoms with Crippen LogP contribution in [0.15, 0.2) is 12.2 Å². The Morgan fingerprint density at radius 1 is 0.397 bits per heavy atom. The second kappa shape index (κ2) is 58.8. The number of amides is 4. The number of hydrogen-bond acceptors (Lipinski definition) is 42. The highest BCUT2D eigenvalue weighted by Gasteiger charge is 2.64. The number of aliphatic hydroxyl groups is 22. The number of carboxylic acid groups (broad SMARTS) is 2. The Bertz CT molecular complexity index is 3500. The number of carbonyl (C=O) groups excluding carboxylic acids is 4. The van der Waals surface area contributed by atoms with Gasteiger partial charge >= 0.3 is 11.9 Å². The molecule has 28 N–H and O–H groups in total. The van der Waals surface area contributed by atoms with Gasteiger partial charge < -0.3 is 210 Å². The molecule has 790 valence electrons. The standard InChI is InChI=1S/C88H154N4O44/c1-6-8-10-12-14-16-18-20-22-24-26-28-30-32-48(102)47(92-58(107)33-31-29-27-25-23-21-19-17-15-13-11-9-7-2)42-123-81-69(115)67(113)73(55(40-97)127-81)130-82-70(116)68(114)74(56(41-98)128-82)131-83-71(117)78(65(111)54(39-96)126-83)133-80-61(91-46(5)101)75(64(110)53(38-95)125-80)132-84-72(118)79(136-88(86(121)122)35-50(104)60(90-45(4)100)77(135-88)63(109)52(106)37-94)66(112)57(129-84)43-124-87(85(119)120)34-49(103)59(89-44(3)99)76(134-87)62(108)51(105)36-93/h30,32,47-57,59-84,93-98,102-106,108-118H,6-29,31,33-43H2,1-5H3,(H,89,99)(H,90,100)(H,91,101)(H,92,107)(H,119,120)(H,121,122)/b32-30+/t47-,48+,49?,50?,51+,52+,53?,54?,55?,56?,57?,59+,60+,61?,62+,63+,64-,65-,66-,67+,68+,69?,70?,71?,72?,73+,74-,75+,76?,77?,78-,79-,80-,81+,82-,83-,84-,87+,88-/m0/s1. The van der Waals surface area contributed by atoms with Crippen molar-refractivity contribution in [3.05, 3.63) is 12.2 Å². The molecule has 0 aromatic carbocycles. The molecule has 0 saturated carbocycles. The lowest BCUT2D eigenvalue weighted by Crippen LogP contribution is -2.72. The van der Waals surface area contributed by atoms with E-state index in [1.807, 2.05) is 6.08 Å². The van der Waals surface area contributed by atoms with Gasteiger partial charge in [0.1, 0.15) is 159 Å². The van der Waals surface area contributed by atoms with Crippen molar-refractivity contribution in [1.29, 1.82) is 0 Å². The predicted octanol–water partition coefficient (Wildman–Crippen LogP) is -6.82. The monoisotopic (exact) mass is 1970 g/mol. The van der Waals surface area contributed by atoms with E-state index in [9.17, 15) is 151 Å². The third kappa shape index (κ3) is 33.1. The highest BCUT2D eigenvalue weighted by atomic mass is 16.8. The molecule has 48 nitrogen and oxygen atoms in total. The van der Waals surface area contributed by atoms with Crippen molar-refractivity contribution in [2.45, 2.75) is 453 Å². The second-order valence-electron chi connectivity index (χ2n) is 36.4. The van der Waals surface area contributed by atoms with Crippen LogP contribution in [0.25, 0.3) is 0 Å². The van der Waals surface area contributed by atoms with E-state index < -0.39 is 333 Å². The normalized spacial score (nSPS) is 37.0. The van der Waals surface area contributed by atoms with Gasteiger partial charge in [-0.1, -0.05) is 167 Å². The molecule has 14 unspecified atom stereocenters. The van der Waals surface area contributed by atoms with E-state index in [-0.39, 0.29) is 12.3 Å². The van der Waals surface area contributed by atoms with E-state index in [2.05, 4.69) is 35.1 Å². The molecule has 39 atom stereocenters. The number of allylic oxidation sites excluding steroid dienone is 1. The fraction of sp³-hybridized carbons (Fsp3) is 0.909. The SMILES string of the molecule is CCCCCCCCCCCCC/C=C/[C@@H](O)[C@H](CO[C@@H]1OC(CO)[C@@H](O[C@@H]2OC(CO)[C@H](O[C@@H]3OC(CO)[C@H](O)[C@H](O[C@@H]4OC(CO)[C@H](O)[C@H](O[C@@H]5OC(CO[C@]6(C(=O)O)CC(O)[C@@H](NC(C)=O)C([C@H](O)[C@H](O)CO)O6)[C@H](O)[C@H](O[C@]6(C(=O)O)CC(O)[C@@H](NC(C)=O)C([C@H](O)[C@H](O)CO)O6)C5O)C4NC(C)=O)C3O)[C@H](O)C2O)[C@H](O)C1O)NC(=O)CCCCCCCCCCCCCCC. The summed E-state index contributed by atoms with van der Waals surface area (Å²) in [6, 6.07) is -6.91. The first kappa shape index (κ1) is 118. The van der Waals surface area contributed by atoms with E-state index in [4.69, 9.17) is 66.3 Å². The maximum Gasteiger partial charge on any atom is 0.364 e. The highest BCUT2D eigenvalue weighted by Crippen LogP contribution is 2.43.